The van der Waals surface area contributed by atoms with Crippen LogP contribution >= 0.6 is 0 Å². The van der Waals surface area contributed by atoms with Crippen molar-refractivity contribution in [3.05, 3.63) is 10.4 Å². The van der Waals surface area contributed by atoms with Gasteiger partial charge in [-0.1, -0.05) is 31.8 Å². The van der Waals surface area contributed by atoms with Crippen LogP contribution in [0.3, 0.4) is 0 Å². The number of unbranched alkanes of at least 4 members (excludes halogenated alkanes) is 2. The number of amides is 1. The van der Waals surface area contributed by atoms with Crippen molar-refractivity contribution in [2.45, 2.75) is 39.5 Å². The Balaban J connectivity index is 4.06. The summed E-state index contributed by atoms with van der Waals surface area (Å²) in [5, 5.41) is 3.30. The number of rotatable bonds is 8. The normalized spacial score (nSPS) is 9.47. The Bertz CT molecular complexity index is 215. The highest BCUT2D eigenvalue weighted by molar-refractivity contribution is 5.78. The SMILES string of the molecule is CCCCN(CCCC)C(=O)CN=[N+]=[N-]. The molecule has 0 aromatic heterocycles. The average molecular weight is 212 g/mol. The molecule has 0 heterocycles. The molecule has 5 nitrogen and oxygen atoms in total. The summed E-state index contributed by atoms with van der Waals surface area (Å²) in [5.41, 5.74) is 8.14. The van der Waals surface area contributed by atoms with E-state index in [2.05, 4.69) is 23.9 Å². The van der Waals surface area contributed by atoms with Gasteiger partial charge in [0.05, 0.1) is 0 Å². The second-order valence-electron chi connectivity index (χ2n) is 3.48. The van der Waals surface area contributed by atoms with E-state index in [1.165, 1.54) is 0 Å². The van der Waals surface area contributed by atoms with Crippen LogP contribution < -0.4 is 0 Å². The van der Waals surface area contributed by atoms with Crippen molar-refractivity contribution in [1.82, 2.24) is 4.90 Å². The quantitative estimate of drug-likeness (QED) is 0.346. The lowest BCUT2D eigenvalue weighted by Crippen LogP contribution is -2.34. The topological polar surface area (TPSA) is 69.1 Å². The number of nitrogens with zero attached hydrogens (tertiary/aromatic N) is 4. The molecule has 0 saturated carbocycles. The van der Waals surface area contributed by atoms with Crippen LogP contribution in [-0.4, -0.2) is 30.4 Å². The van der Waals surface area contributed by atoms with Crippen LogP contribution in [0.15, 0.2) is 5.11 Å². The summed E-state index contributed by atoms with van der Waals surface area (Å²) in [7, 11) is 0. The number of hydrogen-bond acceptors (Lipinski definition) is 2. The van der Waals surface area contributed by atoms with Gasteiger partial charge in [-0.05, 0) is 18.4 Å². The molecule has 0 atom stereocenters. The molecule has 0 aliphatic carbocycles. The Morgan fingerprint density at radius 1 is 1.27 bits per heavy atom. The maximum Gasteiger partial charge on any atom is 0.228 e. The van der Waals surface area contributed by atoms with E-state index in [9.17, 15) is 4.79 Å². The molecule has 0 rings (SSSR count). The van der Waals surface area contributed by atoms with Crippen molar-refractivity contribution < 1.29 is 4.79 Å². The highest BCUT2D eigenvalue weighted by atomic mass is 16.2. The van der Waals surface area contributed by atoms with Gasteiger partial charge in [-0.25, -0.2) is 0 Å². The first kappa shape index (κ1) is 13.8. The lowest BCUT2D eigenvalue weighted by atomic mass is 10.2. The summed E-state index contributed by atoms with van der Waals surface area (Å²) < 4.78 is 0. The van der Waals surface area contributed by atoms with Crippen LogP contribution in [0.25, 0.3) is 10.4 Å². The summed E-state index contributed by atoms with van der Waals surface area (Å²) in [6.07, 6.45) is 4.15. The molecule has 1 amide bonds. The van der Waals surface area contributed by atoms with E-state index >= 15 is 0 Å². The van der Waals surface area contributed by atoms with Crippen LogP contribution in [0, 0.1) is 0 Å². The molecule has 86 valence electrons. The third kappa shape index (κ3) is 6.80. The minimum atomic E-state index is -0.0605. The average Bonchev–Trinajstić information content (AvgIpc) is 2.26. The Morgan fingerprint density at radius 3 is 2.20 bits per heavy atom. The van der Waals surface area contributed by atoms with Gasteiger partial charge < -0.3 is 4.90 Å². The van der Waals surface area contributed by atoms with Crippen LogP contribution in [0.1, 0.15) is 39.5 Å². The smallest absolute Gasteiger partial charge is 0.228 e. The lowest BCUT2D eigenvalue weighted by molar-refractivity contribution is -0.129. The Morgan fingerprint density at radius 2 is 1.80 bits per heavy atom. The monoisotopic (exact) mass is 212 g/mol. The summed E-state index contributed by atoms with van der Waals surface area (Å²) in [4.78, 5) is 16.0. The zero-order valence-corrected chi connectivity index (χ0v) is 9.65. The molecule has 0 aromatic carbocycles. The van der Waals surface area contributed by atoms with Gasteiger partial charge in [0.15, 0.2) is 0 Å². The van der Waals surface area contributed by atoms with Crippen molar-refractivity contribution in [2.75, 3.05) is 19.6 Å². The molecule has 0 aromatic rings. The van der Waals surface area contributed by atoms with Crippen molar-refractivity contribution in [3.8, 4) is 0 Å². The Hall–Kier alpha value is -1.22. The molecule has 0 unspecified atom stereocenters. The maximum atomic E-state index is 11.6. The number of carbonyl (C=O) groups excluding carboxylic acids is 1. The van der Waals surface area contributed by atoms with Crippen LogP contribution in [0.5, 0.6) is 0 Å². The summed E-state index contributed by atoms with van der Waals surface area (Å²) in [6.45, 7) is 5.68. The number of azide groups is 1. The van der Waals surface area contributed by atoms with E-state index in [0.717, 1.165) is 38.8 Å². The van der Waals surface area contributed by atoms with Gasteiger partial charge in [0.1, 0.15) is 6.54 Å². The standard InChI is InChI=1S/C10H20N4O/c1-3-5-7-14(8-6-4-2)10(15)9-12-13-11/h3-9H2,1-2H3. The van der Waals surface area contributed by atoms with Gasteiger partial charge in [0, 0.05) is 18.0 Å². The van der Waals surface area contributed by atoms with Crippen molar-refractivity contribution in [1.29, 1.82) is 0 Å². The molecule has 0 bridgehead atoms. The van der Waals surface area contributed by atoms with E-state index in [4.69, 9.17) is 5.53 Å². The Labute approximate surface area is 91.1 Å². The van der Waals surface area contributed by atoms with Gasteiger partial charge in [-0.2, -0.15) is 0 Å². The molecule has 5 heteroatoms. The predicted molar refractivity (Wildman–Crippen MR) is 60.4 cm³/mol. The first-order valence-electron chi connectivity index (χ1n) is 5.54. The van der Waals surface area contributed by atoms with Gasteiger partial charge in [-0.3, -0.25) is 4.79 Å². The second-order valence-corrected chi connectivity index (χ2v) is 3.48. The Kier molecular flexibility index (Phi) is 8.58. The van der Waals surface area contributed by atoms with Crippen molar-refractivity contribution >= 4 is 5.91 Å². The molecule has 0 aliphatic rings. The fourth-order valence-electron chi connectivity index (χ4n) is 1.25. The zero-order valence-electron chi connectivity index (χ0n) is 9.65. The third-order valence-corrected chi connectivity index (χ3v) is 2.19. The van der Waals surface area contributed by atoms with Crippen LogP contribution in [-0.2, 0) is 4.79 Å². The summed E-state index contributed by atoms with van der Waals surface area (Å²) in [6, 6.07) is 0. The minimum absolute atomic E-state index is 0.0517. The van der Waals surface area contributed by atoms with Gasteiger partial charge in [-0.15, -0.1) is 0 Å². The van der Waals surface area contributed by atoms with Gasteiger partial charge in [0.2, 0.25) is 5.91 Å². The van der Waals surface area contributed by atoms with Gasteiger partial charge >= 0.3 is 0 Å². The zero-order chi connectivity index (χ0) is 11.5. The van der Waals surface area contributed by atoms with E-state index in [-0.39, 0.29) is 12.5 Å². The minimum Gasteiger partial charge on any atom is -0.343 e. The summed E-state index contributed by atoms with van der Waals surface area (Å²) in [5.74, 6) is -0.0605. The fraction of sp³-hybridized carbons (Fsp3) is 0.900. The molecule has 0 fully saturated rings. The largest absolute Gasteiger partial charge is 0.343 e. The molecule has 0 radical (unpaired) electrons. The van der Waals surface area contributed by atoms with E-state index < -0.39 is 0 Å². The lowest BCUT2D eigenvalue weighted by Gasteiger charge is -2.21. The van der Waals surface area contributed by atoms with Crippen molar-refractivity contribution in [3.63, 3.8) is 0 Å². The fourth-order valence-corrected chi connectivity index (χ4v) is 1.25. The van der Waals surface area contributed by atoms with E-state index in [1.807, 2.05) is 0 Å². The number of carbonyl (C=O) groups is 1. The molecule has 0 aliphatic heterocycles. The molecular weight excluding hydrogens is 192 g/mol. The molecule has 15 heavy (non-hydrogen) atoms. The van der Waals surface area contributed by atoms with E-state index in [1.54, 1.807) is 4.90 Å². The van der Waals surface area contributed by atoms with Crippen LogP contribution in [0.4, 0.5) is 0 Å². The number of hydrogen-bond donors (Lipinski definition) is 0. The van der Waals surface area contributed by atoms with Crippen LogP contribution in [0.2, 0.25) is 0 Å². The van der Waals surface area contributed by atoms with Gasteiger partial charge in [0.25, 0.3) is 0 Å². The molecule has 0 saturated heterocycles. The predicted octanol–water partition coefficient (Wildman–Crippen LogP) is 2.73. The molecule has 0 N–H and O–H groups in total. The van der Waals surface area contributed by atoms with E-state index in [0.29, 0.717) is 0 Å². The molecular formula is C10H20N4O. The first-order valence-corrected chi connectivity index (χ1v) is 5.54. The summed E-state index contributed by atoms with van der Waals surface area (Å²) >= 11 is 0. The highest BCUT2D eigenvalue weighted by Crippen LogP contribution is 2.00. The first-order chi connectivity index (χ1) is 7.26. The highest BCUT2D eigenvalue weighted by Gasteiger charge is 2.10. The van der Waals surface area contributed by atoms with Crippen molar-refractivity contribution in [2.24, 2.45) is 5.11 Å². The maximum absolute atomic E-state index is 11.6. The second kappa shape index (κ2) is 9.34. The molecule has 0 spiro atoms. The third-order valence-electron chi connectivity index (χ3n) is 2.19.